The highest BCUT2D eigenvalue weighted by molar-refractivity contribution is 5.80. The largest absolute Gasteiger partial charge is 0.391 e. The summed E-state index contributed by atoms with van der Waals surface area (Å²) in [7, 11) is 0. The number of ether oxygens (including phenoxy) is 1. The average molecular weight is 276 g/mol. The fraction of sp³-hybridized carbons (Fsp3) is 0.600. The van der Waals surface area contributed by atoms with Crippen LogP contribution in [0.1, 0.15) is 18.4 Å². The van der Waals surface area contributed by atoms with Gasteiger partial charge in [-0.2, -0.15) is 0 Å². The van der Waals surface area contributed by atoms with Gasteiger partial charge >= 0.3 is 0 Å². The van der Waals surface area contributed by atoms with Crippen molar-refractivity contribution >= 4 is 5.91 Å². The van der Waals surface area contributed by atoms with E-state index < -0.39 is 6.10 Å². The van der Waals surface area contributed by atoms with Gasteiger partial charge in [0.2, 0.25) is 5.91 Å². The van der Waals surface area contributed by atoms with Crippen molar-refractivity contribution in [2.24, 2.45) is 5.92 Å². The Labute approximate surface area is 118 Å². The molecule has 0 aliphatic carbocycles. The Hall–Kier alpha value is -1.46. The summed E-state index contributed by atoms with van der Waals surface area (Å²) < 4.78 is 5.30. The normalized spacial score (nSPS) is 29.9. The van der Waals surface area contributed by atoms with Crippen LogP contribution in [0.3, 0.4) is 0 Å². The van der Waals surface area contributed by atoms with Crippen molar-refractivity contribution in [3.05, 3.63) is 30.1 Å². The van der Waals surface area contributed by atoms with Crippen LogP contribution in [-0.4, -0.2) is 52.8 Å². The molecule has 108 valence electrons. The van der Waals surface area contributed by atoms with E-state index in [1.807, 2.05) is 17.0 Å². The van der Waals surface area contributed by atoms with Crippen LogP contribution >= 0.6 is 0 Å². The predicted molar refractivity (Wildman–Crippen MR) is 73.0 cm³/mol. The molecule has 0 radical (unpaired) electrons. The molecule has 20 heavy (non-hydrogen) atoms. The molecule has 1 amide bonds. The Balaban J connectivity index is 1.71. The van der Waals surface area contributed by atoms with Gasteiger partial charge in [-0.25, -0.2) is 0 Å². The van der Waals surface area contributed by atoms with Crippen LogP contribution in [0.15, 0.2) is 24.5 Å². The molecule has 2 aliphatic heterocycles. The highest BCUT2D eigenvalue weighted by Crippen LogP contribution is 2.26. The van der Waals surface area contributed by atoms with E-state index in [1.165, 1.54) is 0 Å². The molecule has 0 saturated carbocycles. The van der Waals surface area contributed by atoms with Gasteiger partial charge in [0, 0.05) is 25.5 Å². The third-order valence-electron chi connectivity index (χ3n) is 4.24. The van der Waals surface area contributed by atoms with Gasteiger partial charge in [0.25, 0.3) is 0 Å². The highest BCUT2D eigenvalue weighted by Gasteiger charge is 2.39. The molecule has 1 N–H and O–H groups in total. The number of carbonyl (C=O) groups excluding carboxylic acids is 1. The molecule has 1 aromatic rings. The van der Waals surface area contributed by atoms with E-state index in [4.69, 9.17) is 4.74 Å². The van der Waals surface area contributed by atoms with Gasteiger partial charge in [-0.3, -0.25) is 9.78 Å². The first kappa shape index (κ1) is 13.5. The fourth-order valence-electron chi connectivity index (χ4n) is 3.08. The van der Waals surface area contributed by atoms with Crippen molar-refractivity contribution in [3.8, 4) is 0 Å². The quantitative estimate of drug-likeness (QED) is 0.879. The second kappa shape index (κ2) is 5.89. The Kier molecular flexibility index (Phi) is 3.98. The van der Waals surface area contributed by atoms with Gasteiger partial charge in [-0.15, -0.1) is 0 Å². The number of rotatable bonds is 3. The van der Waals surface area contributed by atoms with Gasteiger partial charge in [0.15, 0.2) is 0 Å². The lowest BCUT2D eigenvalue weighted by Crippen LogP contribution is -2.44. The monoisotopic (exact) mass is 276 g/mol. The minimum absolute atomic E-state index is 0.0308. The van der Waals surface area contributed by atoms with Crippen LogP contribution < -0.4 is 0 Å². The zero-order chi connectivity index (χ0) is 13.9. The summed E-state index contributed by atoms with van der Waals surface area (Å²) in [6.45, 7) is 1.83. The minimum atomic E-state index is -0.443. The predicted octanol–water partition coefficient (Wildman–Crippen LogP) is 0.622. The molecule has 3 rings (SSSR count). The average Bonchev–Trinajstić information content (AvgIpc) is 3.11. The SMILES string of the molecule is O=C([C@@H]1CCOC1)N1CC[C@H](O)[C@@H]1Cc1cccnc1. The number of hydrogen-bond acceptors (Lipinski definition) is 4. The van der Waals surface area contributed by atoms with Gasteiger partial charge in [-0.1, -0.05) is 6.07 Å². The number of aromatic nitrogens is 1. The maximum Gasteiger partial charge on any atom is 0.228 e. The molecule has 5 nitrogen and oxygen atoms in total. The van der Waals surface area contributed by atoms with Crippen molar-refractivity contribution in [2.45, 2.75) is 31.4 Å². The van der Waals surface area contributed by atoms with E-state index >= 15 is 0 Å². The topological polar surface area (TPSA) is 62.7 Å². The number of amides is 1. The molecule has 3 heterocycles. The van der Waals surface area contributed by atoms with E-state index in [0.29, 0.717) is 32.6 Å². The Morgan fingerprint density at radius 2 is 2.40 bits per heavy atom. The summed E-state index contributed by atoms with van der Waals surface area (Å²) in [5, 5.41) is 10.2. The summed E-state index contributed by atoms with van der Waals surface area (Å²) in [5.41, 5.74) is 1.05. The van der Waals surface area contributed by atoms with Crippen molar-refractivity contribution < 1.29 is 14.6 Å². The van der Waals surface area contributed by atoms with Gasteiger partial charge in [0.1, 0.15) is 0 Å². The Bertz CT molecular complexity index is 459. The lowest BCUT2D eigenvalue weighted by Gasteiger charge is -2.28. The van der Waals surface area contributed by atoms with Crippen LogP contribution in [0.5, 0.6) is 0 Å². The molecule has 3 atom stereocenters. The summed E-state index contributed by atoms with van der Waals surface area (Å²) in [5.74, 6) is 0.102. The summed E-state index contributed by atoms with van der Waals surface area (Å²) in [4.78, 5) is 18.5. The molecular formula is C15H20N2O3. The van der Waals surface area contributed by atoms with Crippen LogP contribution in [0.2, 0.25) is 0 Å². The standard InChI is InChI=1S/C15H20N2O3/c18-14-3-6-17(15(19)12-4-7-20-10-12)13(14)8-11-2-1-5-16-9-11/h1-2,5,9,12-14,18H,3-4,6-8,10H2/t12-,13+,14+/m1/s1. The summed E-state index contributed by atoms with van der Waals surface area (Å²) >= 11 is 0. The fourth-order valence-corrected chi connectivity index (χ4v) is 3.08. The second-order valence-electron chi connectivity index (χ2n) is 5.58. The zero-order valence-electron chi connectivity index (χ0n) is 11.4. The van der Waals surface area contributed by atoms with Crippen LogP contribution in [-0.2, 0) is 16.0 Å². The molecule has 2 aliphatic rings. The molecule has 0 unspecified atom stereocenters. The van der Waals surface area contributed by atoms with Crippen LogP contribution in [0, 0.1) is 5.92 Å². The molecule has 0 bridgehead atoms. The van der Waals surface area contributed by atoms with E-state index in [2.05, 4.69) is 4.98 Å². The van der Waals surface area contributed by atoms with Gasteiger partial charge in [-0.05, 0) is 30.9 Å². The summed E-state index contributed by atoms with van der Waals surface area (Å²) in [6, 6.07) is 3.74. The number of aliphatic hydroxyl groups excluding tert-OH is 1. The molecule has 2 fully saturated rings. The maximum absolute atomic E-state index is 12.5. The highest BCUT2D eigenvalue weighted by atomic mass is 16.5. The first-order valence-corrected chi connectivity index (χ1v) is 7.21. The third kappa shape index (κ3) is 2.69. The maximum atomic E-state index is 12.5. The smallest absolute Gasteiger partial charge is 0.228 e. The first-order chi connectivity index (χ1) is 9.75. The lowest BCUT2D eigenvalue weighted by atomic mass is 10.0. The number of hydrogen-bond donors (Lipinski definition) is 1. The van der Waals surface area contributed by atoms with Gasteiger partial charge < -0.3 is 14.7 Å². The van der Waals surface area contributed by atoms with Crippen molar-refractivity contribution in [1.29, 1.82) is 0 Å². The van der Waals surface area contributed by atoms with Crippen LogP contribution in [0.25, 0.3) is 0 Å². The van der Waals surface area contributed by atoms with Gasteiger partial charge in [0.05, 0.1) is 24.7 Å². The van der Waals surface area contributed by atoms with Crippen LogP contribution in [0.4, 0.5) is 0 Å². The Morgan fingerprint density at radius 1 is 1.50 bits per heavy atom. The number of aliphatic hydroxyl groups is 1. The second-order valence-corrected chi connectivity index (χ2v) is 5.58. The third-order valence-corrected chi connectivity index (χ3v) is 4.24. The number of likely N-dealkylation sites (tertiary alicyclic amines) is 1. The Morgan fingerprint density at radius 3 is 3.10 bits per heavy atom. The molecule has 0 aromatic carbocycles. The molecular weight excluding hydrogens is 256 g/mol. The van der Waals surface area contributed by atoms with Crippen molar-refractivity contribution in [2.75, 3.05) is 19.8 Å². The first-order valence-electron chi connectivity index (χ1n) is 7.21. The lowest BCUT2D eigenvalue weighted by molar-refractivity contribution is -0.137. The van der Waals surface area contributed by atoms with E-state index in [9.17, 15) is 9.90 Å². The summed E-state index contributed by atoms with van der Waals surface area (Å²) in [6.07, 6.45) is 5.20. The minimum Gasteiger partial charge on any atom is -0.391 e. The van der Waals surface area contributed by atoms with E-state index in [1.54, 1.807) is 12.4 Å². The number of carbonyl (C=O) groups is 1. The van der Waals surface area contributed by atoms with E-state index in [0.717, 1.165) is 12.0 Å². The molecule has 2 saturated heterocycles. The van der Waals surface area contributed by atoms with E-state index in [-0.39, 0.29) is 17.9 Å². The number of nitrogens with zero attached hydrogens (tertiary/aromatic N) is 2. The van der Waals surface area contributed by atoms with Crippen molar-refractivity contribution in [1.82, 2.24) is 9.88 Å². The molecule has 5 heteroatoms. The number of pyridine rings is 1. The molecule has 0 spiro atoms. The molecule has 1 aromatic heterocycles. The zero-order valence-corrected chi connectivity index (χ0v) is 11.4. The van der Waals surface area contributed by atoms with Crippen molar-refractivity contribution in [3.63, 3.8) is 0 Å².